The van der Waals surface area contributed by atoms with Crippen molar-refractivity contribution in [1.29, 1.82) is 0 Å². The largest absolute Gasteiger partial charge is 0.435 e. The van der Waals surface area contributed by atoms with Crippen molar-refractivity contribution in [1.82, 2.24) is 39.6 Å². The third-order valence-electron chi connectivity index (χ3n) is 10.0. The molecule has 0 aliphatic heterocycles. The van der Waals surface area contributed by atoms with E-state index in [9.17, 15) is 35.2 Å². The standard InChI is InChI=1S/C37H34F7N9O3S/c1-18-19(2)36(40,41)34-30(18)33(37(42,43)44)48-53(34)17-29(54)46-28(13-20-11-22(38)14-23(39)12-20)31-24(9-10-27(47-31)21-15-45-51(3)16-21)25-7-6-8-26-32(25)52(4)49-35(26)50-57(5,55)56/h6-12,14-16,18-19,28H,13,17H2,1-5H3,(H,46,54)(H,49,50)/t18-,19+,28-/m0/s1. The molecular weight excluding hydrogens is 784 g/mol. The zero-order valence-electron chi connectivity index (χ0n) is 30.8. The molecule has 6 aromatic rings. The summed E-state index contributed by atoms with van der Waals surface area (Å²) in [6.07, 6.45) is -1.30. The molecule has 0 unspecified atom stereocenters. The van der Waals surface area contributed by atoms with Gasteiger partial charge in [0.1, 0.15) is 23.9 Å². The number of halogens is 7. The first-order chi connectivity index (χ1) is 26.6. The summed E-state index contributed by atoms with van der Waals surface area (Å²) in [6, 6.07) is 9.61. The van der Waals surface area contributed by atoms with Crippen LogP contribution in [-0.4, -0.2) is 54.9 Å². The summed E-state index contributed by atoms with van der Waals surface area (Å²) < 4.78 is 133. The molecule has 0 saturated carbocycles. The van der Waals surface area contributed by atoms with Gasteiger partial charge >= 0.3 is 6.18 Å². The molecule has 3 atom stereocenters. The summed E-state index contributed by atoms with van der Waals surface area (Å²) >= 11 is 0. The van der Waals surface area contributed by atoms with Crippen LogP contribution in [0.4, 0.5) is 36.6 Å². The number of fused-ring (bicyclic) bond motifs is 2. The maximum Gasteiger partial charge on any atom is 0.435 e. The number of nitrogens with zero attached hydrogens (tertiary/aromatic N) is 7. The number of hydrogen-bond donors (Lipinski definition) is 2. The van der Waals surface area contributed by atoms with Crippen LogP contribution in [0.5, 0.6) is 0 Å². The lowest BCUT2D eigenvalue weighted by Gasteiger charge is -2.24. The second kappa shape index (κ2) is 14.0. The van der Waals surface area contributed by atoms with E-state index in [1.54, 1.807) is 50.6 Å². The van der Waals surface area contributed by atoms with Gasteiger partial charge in [0.2, 0.25) is 15.9 Å². The second-order valence-electron chi connectivity index (χ2n) is 14.1. The van der Waals surface area contributed by atoms with Gasteiger partial charge in [-0.2, -0.15) is 37.2 Å². The zero-order valence-corrected chi connectivity index (χ0v) is 31.6. The van der Waals surface area contributed by atoms with E-state index in [4.69, 9.17) is 4.98 Å². The van der Waals surface area contributed by atoms with Gasteiger partial charge in [-0.05, 0) is 42.2 Å². The molecule has 12 nitrogen and oxygen atoms in total. The van der Waals surface area contributed by atoms with Gasteiger partial charge in [-0.15, -0.1) is 0 Å². The average Bonchev–Trinajstić information content (AvgIpc) is 3.84. The van der Waals surface area contributed by atoms with Crippen molar-refractivity contribution in [3.8, 4) is 22.4 Å². The lowest BCUT2D eigenvalue weighted by atomic mass is 9.93. The van der Waals surface area contributed by atoms with Crippen LogP contribution in [0.25, 0.3) is 33.3 Å². The number of hydrogen-bond acceptors (Lipinski definition) is 7. The van der Waals surface area contributed by atoms with Gasteiger partial charge in [0.25, 0.3) is 5.92 Å². The fraction of sp³-hybridized carbons (Fsp3) is 0.324. The van der Waals surface area contributed by atoms with Crippen molar-refractivity contribution >= 4 is 32.7 Å². The summed E-state index contributed by atoms with van der Waals surface area (Å²) in [5, 5.41) is 15.1. The molecule has 0 saturated heterocycles. The van der Waals surface area contributed by atoms with Gasteiger partial charge in [-0.3, -0.25) is 23.6 Å². The number of aryl methyl sites for hydroxylation is 2. The Morgan fingerprint density at radius 3 is 2.33 bits per heavy atom. The number of benzene rings is 2. The number of aromatic nitrogens is 7. The molecule has 0 radical (unpaired) electrons. The minimum atomic E-state index is -5.10. The van der Waals surface area contributed by atoms with Crippen LogP contribution in [0.2, 0.25) is 0 Å². The molecule has 0 spiro atoms. The Balaban J connectivity index is 1.39. The highest BCUT2D eigenvalue weighted by atomic mass is 32.2. The number of para-hydroxylation sites is 1. The van der Waals surface area contributed by atoms with E-state index < -0.39 is 81.0 Å². The Morgan fingerprint density at radius 1 is 1.00 bits per heavy atom. The van der Waals surface area contributed by atoms with Crippen LogP contribution in [-0.2, 0) is 54.0 Å². The van der Waals surface area contributed by atoms with E-state index in [1.807, 2.05) is 0 Å². The first-order valence-electron chi connectivity index (χ1n) is 17.4. The summed E-state index contributed by atoms with van der Waals surface area (Å²) in [6.45, 7) is 1.29. The van der Waals surface area contributed by atoms with E-state index in [0.29, 0.717) is 44.0 Å². The molecule has 7 rings (SSSR count). The Labute approximate surface area is 320 Å². The fourth-order valence-corrected chi connectivity index (χ4v) is 7.91. The van der Waals surface area contributed by atoms with Crippen molar-refractivity contribution in [2.75, 3.05) is 11.0 Å². The van der Waals surface area contributed by atoms with Crippen LogP contribution in [0.3, 0.4) is 0 Å². The molecule has 0 fully saturated rings. The zero-order chi connectivity index (χ0) is 41.4. The number of carbonyl (C=O) groups excluding carboxylic acids is 1. The molecule has 4 heterocycles. The number of anilines is 1. The van der Waals surface area contributed by atoms with Crippen LogP contribution >= 0.6 is 0 Å². The number of nitrogens with one attached hydrogen (secondary N) is 2. The maximum absolute atomic E-state index is 15.6. The van der Waals surface area contributed by atoms with Crippen molar-refractivity contribution in [2.24, 2.45) is 20.0 Å². The van der Waals surface area contributed by atoms with E-state index in [-0.39, 0.29) is 23.5 Å². The lowest BCUT2D eigenvalue weighted by Crippen LogP contribution is -2.35. The molecule has 2 N–H and O–H groups in total. The highest BCUT2D eigenvalue weighted by molar-refractivity contribution is 7.92. The molecule has 1 amide bonds. The Hall–Kier alpha value is -5.79. The number of amides is 1. The first-order valence-corrected chi connectivity index (χ1v) is 19.3. The van der Waals surface area contributed by atoms with Gasteiger partial charge in [0, 0.05) is 59.9 Å². The quantitative estimate of drug-likeness (QED) is 0.144. The summed E-state index contributed by atoms with van der Waals surface area (Å²) in [5.41, 5.74) is -1.05. The number of sulfonamides is 1. The van der Waals surface area contributed by atoms with Gasteiger partial charge in [0.05, 0.1) is 35.4 Å². The highest BCUT2D eigenvalue weighted by Gasteiger charge is 2.57. The first kappa shape index (κ1) is 39.4. The Bertz CT molecular complexity index is 2650. The van der Waals surface area contributed by atoms with Crippen LogP contribution < -0.4 is 10.0 Å². The van der Waals surface area contributed by atoms with Crippen LogP contribution in [0.15, 0.2) is 60.9 Å². The molecule has 57 heavy (non-hydrogen) atoms. The number of pyridine rings is 1. The molecule has 20 heteroatoms. The molecule has 1 aliphatic rings. The second-order valence-corrected chi connectivity index (χ2v) is 15.9. The molecule has 1 aliphatic carbocycles. The van der Waals surface area contributed by atoms with Gasteiger partial charge in [0.15, 0.2) is 11.5 Å². The minimum Gasteiger partial charge on any atom is -0.346 e. The third kappa shape index (κ3) is 7.44. The van der Waals surface area contributed by atoms with E-state index in [0.717, 1.165) is 25.3 Å². The Kier molecular flexibility index (Phi) is 9.68. The smallest absolute Gasteiger partial charge is 0.346 e. The molecular formula is C37H34F7N9O3S. The number of rotatable bonds is 10. The normalized spacial score (nSPS) is 17.2. The molecule has 4 aromatic heterocycles. The summed E-state index contributed by atoms with van der Waals surface area (Å²) in [7, 11) is -0.522. The highest BCUT2D eigenvalue weighted by Crippen LogP contribution is 2.55. The fourth-order valence-electron chi connectivity index (χ4n) is 7.41. The number of carbonyl (C=O) groups is 1. The van der Waals surface area contributed by atoms with Gasteiger partial charge < -0.3 is 5.32 Å². The average molecular weight is 818 g/mol. The van der Waals surface area contributed by atoms with Gasteiger partial charge in [-0.1, -0.05) is 32.0 Å². The van der Waals surface area contributed by atoms with Crippen LogP contribution in [0, 0.1) is 17.6 Å². The van der Waals surface area contributed by atoms with Crippen molar-refractivity contribution in [3.05, 3.63) is 101 Å². The summed E-state index contributed by atoms with van der Waals surface area (Å²) in [5.74, 6) is -9.43. The maximum atomic E-state index is 15.6. The van der Waals surface area contributed by atoms with Crippen LogP contribution in [0.1, 0.15) is 54.0 Å². The van der Waals surface area contributed by atoms with E-state index in [1.165, 1.54) is 22.5 Å². The van der Waals surface area contributed by atoms with E-state index >= 15 is 8.78 Å². The van der Waals surface area contributed by atoms with Crippen molar-refractivity contribution in [2.45, 2.75) is 50.9 Å². The monoisotopic (exact) mass is 817 g/mol. The molecule has 2 aromatic carbocycles. The predicted molar refractivity (Wildman–Crippen MR) is 194 cm³/mol. The SMILES string of the molecule is C[C@@H]1c2c(C(F)(F)F)nn(CC(=O)N[C@@H](Cc3cc(F)cc(F)c3)c3nc(-c4cnn(C)c4)ccc3-c3cccc4c(NS(C)(=O)=O)nn(C)c34)c2C(F)(F)[C@@H]1C. The Morgan fingerprint density at radius 2 is 1.70 bits per heavy atom. The molecule has 0 bridgehead atoms. The predicted octanol–water partition coefficient (Wildman–Crippen LogP) is 6.85. The third-order valence-corrected chi connectivity index (χ3v) is 10.6. The summed E-state index contributed by atoms with van der Waals surface area (Å²) in [4.78, 5) is 18.9. The lowest BCUT2D eigenvalue weighted by molar-refractivity contribution is -0.143. The van der Waals surface area contributed by atoms with Crippen molar-refractivity contribution < 1.29 is 43.9 Å². The number of alkyl halides is 5. The molecule has 300 valence electrons. The van der Waals surface area contributed by atoms with Crippen molar-refractivity contribution in [3.63, 3.8) is 0 Å². The minimum absolute atomic E-state index is 0.0175. The van der Waals surface area contributed by atoms with Gasteiger partial charge in [-0.25, -0.2) is 22.2 Å². The topological polar surface area (TPSA) is 142 Å². The van der Waals surface area contributed by atoms with E-state index in [2.05, 4.69) is 25.3 Å².